The molecule has 106 valence electrons. The van der Waals surface area contributed by atoms with Crippen LogP contribution in [0.1, 0.15) is 63.5 Å². The summed E-state index contributed by atoms with van der Waals surface area (Å²) in [5, 5.41) is 2.73. The highest BCUT2D eigenvalue weighted by Crippen LogP contribution is 2.28. The summed E-state index contributed by atoms with van der Waals surface area (Å²) in [5.74, 6) is 1.59. The third-order valence-electron chi connectivity index (χ3n) is 3.54. The maximum Gasteiger partial charge on any atom is 0.220 e. The van der Waals surface area contributed by atoms with Crippen LogP contribution >= 0.6 is 0 Å². The first-order valence-corrected chi connectivity index (χ1v) is 7.24. The largest absolute Gasteiger partial charge is 0.359 e. The lowest BCUT2D eigenvalue weighted by Crippen LogP contribution is -2.21. The van der Waals surface area contributed by atoms with E-state index in [-0.39, 0.29) is 5.91 Å². The third kappa shape index (κ3) is 5.06. The van der Waals surface area contributed by atoms with Gasteiger partial charge in [0.25, 0.3) is 0 Å². The van der Waals surface area contributed by atoms with Gasteiger partial charge in [0.1, 0.15) is 0 Å². The zero-order valence-electron chi connectivity index (χ0n) is 12.9. The van der Waals surface area contributed by atoms with Crippen molar-refractivity contribution in [2.45, 2.75) is 52.4 Å². The quantitative estimate of drug-likeness (QED) is 0.821. The zero-order chi connectivity index (χ0) is 14.4. The fourth-order valence-corrected chi connectivity index (χ4v) is 2.39. The average Bonchev–Trinajstić information content (AvgIpc) is 2.37. The molecule has 0 aliphatic rings. The summed E-state index contributed by atoms with van der Waals surface area (Å²) in [6.07, 6.45) is 1.63. The normalized spacial score (nSPS) is 12.8. The predicted octanol–water partition coefficient (Wildman–Crippen LogP) is 4.08. The fraction of sp³-hybridized carbons (Fsp3) is 0.588. The number of hydrogen-bond donors (Lipinski definition) is 1. The Morgan fingerprint density at radius 2 is 1.58 bits per heavy atom. The molecule has 0 aliphatic carbocycles. The molecule has 2 nitrogen and oxygen atoms in total. The molecule has 0 bridgehead atoms. The van der Waals surface area contributed by atoms with Crippen LogP contribution in [0.4, 0.5) is 0 Å². The van der Waals surface area contributed by atoms with Gasteiger partial charge in [-0.15, -0.1) is 0 Å². The number of hydrogen-bond acceptors (Lipinski definition) is 1. The number of amides is 1. The Kier molecular flexibility index (Phi) is 6.07. The molecule has 1 aromatic carbocycles. The van der Waals surface area contributed by atoms with Crippen molar-refractivity contribution in [2.75, 3.05) is 7.05 Å². The van der Waals surface area contributed by atoms with Crippen molar-refractivity contribution >= 4 is 5.91 Å². The Bertz CT molecular complexity index is 392. The van der Waals surface area contributed by atoms with Crippen LogP contribution in [0.5, 0.6) is 0 Å². The van der Waals surface area contributed by atoms with Crippen LogP contribution in [0.25, 0.3) is 0 Å². The lowest BCUT2D eigenvalue weighted by atomic mass is 9.86. The molecule has 0 spiro atoms. The van der Waals surface area contributed by atoms with Gasteiger partial charge in [-0.25, -0.2) is 0 Å². The van der Waals surface area contributed by atoms with E-state index < -0.39 is 0 Å². The zero-order valence-corrected chi connectivity index (χ0v) is 12.9. The number of nitrogens with one attached hydrogen (secondary N) is 1. The standard InChI is InChI=1S/C17H27NO/c1-12(2)10-16(11-17(19)18-5)15-8-6-14(7-9-15)13(3)4/h6-9,12-13,16H,10-11H2,1-5H3,(H,18,19). The van der Waals surface area contributed by atoms with Gasteiger partial charge >= 0.3 is 0 Å². The van der Waals surface area contributed by atoms with E-state index in [0.717, 1.165) is 6.42 Å². The van der Waals surface area contributed by atoms with Gasteiger partial charge in [0.05, 0.1) is 0 Å². The van der Waals surface area contributed by atoms with Gasteiger partial charge in [-0.1, -0.05) is 52.0 Å². The van der Waals surface area contributed by atoms with Gasteiger partial charge in [0, 0.05) is 13.5 Å². The van der Waals surface area contributed by atoms with Crippen LogP contribution in [0.15, 0.2) is 24.3 Å². The second-order valence-corrected chi connectivity index (χ2v) is 6.03. The van der Waals surface area contributed by atoms with Crippen molar-refractivity contribution in [3.63, 3.8) is 0 Å². The van der Waals surface area contributed by atoms with E-state index in [9.17, 15) is 4.79 Å². The predicted molar refractivity (Wildman–Crippen MR) is 81.4 cm³/mol. The Balaban J connectivity index is 2.86. The maximum absolute atomic E-state index is 11.6. The van der Waals surface area contributed by atoms with Gasteiger partial charge in [0.15, 0.2) is 0 Å². The van der Waals surface area contributed by atoms with Gasteiger partial charge in [-0.05, 0) is 35.3 Å². The second kappa shape index (κ2) is 7.32. The highest BCUT2D eigenvalue weighted by molar-refractivity contribution is 5.76. The van der Waals surface area contributed by atoms with Crippen LogP contribution < -0.4 is 5.32 Å². The average molecular weight is 261 g/mol. The van der Waals surface area contributed by atoms with E-state index >= 15 is 0 Å². The van der Waals surface area contributed by atoms with E-state index in [1.807, 2.05) is 0 Å². The second-order valence-electron chi connectivity index (χ2n) is 6.03. The minimum absolute atomic E-state index is 0.124. The van der Waals surface area contributed by atoms with E-state index in [2.05, 4.69) is 57.3 Å². The molecule has 1 aromatic rings. The SMILES string of the molecule is CNC(=O)CC(CC(C)C)c1ccc(C(C)C)cc1. The smallest absolute Gasteiger partial charge is 0.220 e. The molecule has 0 saturated heterocycles. The van der Waals surface area contributed by atoms with Crippen molar-refractivity contribution < 1.29 is 4.79 Å². The van der Waals surface area contributed by atoms with Crippen molar-refractivity contribution in [2.24, 2.45) is 5.92 Å². The van der Waals surface area contributed by atoms with Crippen LogP contribution in [0.2, 0.25) is 0 Å². The first-order valence-electron chi connectivity index (χ1n) is 7.24. The van der Waals surface area contributed by atoms with E-state index in [1.54, 1.807) is 7.05 Å². The first kappa shape index (κ1) is 15.7. The van der Waals surface area contributed by atoms with Gasteiger partial charge in [-0.2, -0.15) is 0 Å². The highest BCUT2D eigenvalue weighted by atomic mass is 16.1. The minimum Gasteiger partial charge on any atom is -0.359 e. The summed E-state index contributed by atoms with van der Waals surface area (Å²) in [5.41, 5.74) is 2.63. The third-order valence-corrected chi connectivity index (χ3v) is 3.54. The van der Waals surface area contributed by atoms with Crippen LogP contribution in [0.3, 0.4) is 0 Å². The summed E-state index contributed by atoms with van der Waals surface area (Å²) in [4.78, 5) is 11.6. The minimum atomic E-state index is 0.124. The van der Waals surface area contributed by atoms with Crippen molar-refractivity contribution in [3.05, 3.63) is 35.4 Å². The van der Waals surface area contributed by atoms with E-state index in [1.165, 1.54) is 11.1 Å². The Hall–Kier alpha value is -1.31. The number of rotatable bonds is 6. The number of carbonyl (C=O) groups is 1. The van der Waals surface area contributed by atoms with Crippen molar-refractivity contribution in [1.82, 2.24) is 5.32 Å². The van der Waals surface area contributed by atoms with Crippen LogP contribution in [0, 0.1) is 5.92 Å². The lowest BCUT2D eigenvalue weighted by molar-refractivity contribution is -0.121. The topological polar surface area (TPSA) is 29.1 Å². The molecular weight excluding hydrogens is 234 g/mol. The fourth-order valence-electron chi connectivity index (χ4n) is 2.39. The molecule has 0 fully saturated rings. The van der Waals surface area contributed by atoms with Crippen LogP contribution in [-0.4, -0.2) is 13.0 Å². The van der Waals surface area contributed by atoms with Crippen molar-refractivity contribution in [3.8, 4) is 0 Å². The molecular formula is C17H27NO. The molecule has 1 rings (SSSR count). The number of benzene rings is 1. The lowest BCUT2D eigenvalue weighted by Gasteiger charge is -2.19. The van der Waals surface area contributed by atoms with Gasteiger partial charge in [-0.3, -0.25) is 4.79 Å². The molecule has 0 aliphatic heterocycles. The van der Waals surface area contributed by atoms with E-state index in [4.69, 9.17) is 0 Å². The summed E-state index contributed by atoms with van der Waals surface area (Å²) < 4.78 is 0. The summed E-state index contributed by atoms with van der Waals surface area (Å²) in [7, 11) is 1.70. The molecule has 19 heavy (non-hydrogen) atoms. The summed E-state index contributed by atoms with van der Waals surface area (Å²) in [6.45, 7) is 8.81. The van der Waals surface area contributed by atoms with Gasteiger partial charge in [0.2, 0.25) is 5.91 Å². The van der Waals surface area contributed by atoms with Crippen LogP contribution in [-0.2, 0) is 4.79 Å². The molecule has 1 atom stereocenters. The Labute approximate surface area is 117 Å². The summed E-state index contributed by atoms with van der Waals surface area (Å²) in [6, 6.07) is 8.75. The maximum atomic E-state index is 11.6. The van der Waals surface area contributed by atoms with E-state index in [0.29, 0.717) is 24.2 Å². The molecule has 1 unspecified atom stereocenters. The monoisotopic (exact) mass is 261 g/mol. The van der Waals surface area contributed by atoms with Gasteiger partial charge < -0.3 is 5.32 Å². The highest BCUT2D eigenvalue weighted by Gasteiger charge is 2.17. The number of carbonyl (C=O) groups excluding carboxylic acids is 1. The molecule has 2 heteroatoms. The Morgan fingerprint density at radius 3 is 2.00 bits per heavy atom. The Morgan fingerprint density at radius 1 is 1.05 bits per heavy atom. The molecule has 0 saturated carbocycles. The summed E-state index contributed by atoms with van der Waals surface area (Å²) >= 11 is 0. The molecule has 0 radical (unpaired) electrons. The molecule has 0 aromatic heterocycles. The molecule has 0 heterocycles. The molecule has 1 amide bonds. The first-order chi connectivity index (χ1) is 8.93. The molecule has 1 N–H and O–H groups in total. The van der Waals surface area contributed by atoms with Crippen molar-refractivity contribution in [1.29, 1.82) is 0 Å².